The van der Waals surface area contributed by atoms with Crippen molar-refractivity contribution in [2.75, 3.05) is 6.54 Å². The van der Waals surface area contributed by atoms with E-state index < -0.39 is 0 Å². The number of ether oxygens (including phenoxy) is 1. The van der Waals surface area contributed by atoms with Gasteiger partial charge in [-0.05, 0) is 35.2 Å². The zero-order valence-corrected chi connectivity index (χ0v) is 23.6. The first-order valence-corrected chi connectivity index (χ1v) is 14.6. The first-order valence-electron chi connectivity index (χ1n) is 13.7. The van der Waals surface area contributed by atoms with Crippen molar-refractivity contribution < 1.29 is 9.53 Å². The standard InChI is InChI=1S/C30H35N7O2S/c1-2-3-4-5-6-7-16-32-17-22-8-10-23(11-9-22)18-33-28(38)26-20-40-30-27(26)29(34-21-35-30)39-19-24-12-14-25(15-13-24)36-37-31/h8-15,20-21,32H,2-7,16-19H2,1H3,(H,33,38). The van der Waals surface area contributed by atoms with Gasteiger partial charge in [-0.25, -0.2) is 9.97 Å². The number of azide groups is 1. The summed E-state index contributed by atoms with van der Waals surface area (Å²) in [6.45, 7) is 4.80. The number of fused-ring (bicyclic) bond motifs is 1. The Morgan fingerprint density at radius 3 is 2.40 bits per heavy atom. The molecule has 2 aromatic heterocycles. The topological polar surface area (TPSA) is 125 Å². The van der Waals surface area contributed by atoms with E-state index in [0.29, 0.717) is 33.9 Å². The van der Waals surface area contributed by atoms with Crippen molar-refractivity contribution in [3.05, 3.63) is 92.9 Å². The third-order valence-electron chi connectivity index (χ3n) is 6.56. The van der Waals surface area contributed by atoms with Crippen LogP contribution >= 0.6 is 11.3 Å². The summed E-state index contributed by atoms with van der Waals surface area (Å²) in [5.41, 5.74) is 12.7. The van der Waals surface area contributed by atoms with E-state index in [9.17, 15) is 4.79 Å². The van der Waals surface area contributed by atoms with Gasteiger partial charge >= 0.3 is 0 Å². The van der Waals surface area contributed by atoms with Gasteiger partial charge in [0.15, 0.2) is 0 Å². The van der Waals surface area contributed by atoms with Gasteiger partial charge in [-0.2, -0.15) is 0 Å². The molecule has 0 saturated carbocycles. The maximum atomic E-state index is 13.1. The van der Waals surface area contributed by atoms with Crippen molar-refractivity contribution in [1.29, 1.82) is 0 Å². The average Bonchev–Trinajstić information content (AvgIpc) is 3.43. The van der Waals surface area contributed by atoms with Crippen molar-refractivity contribution in [3.8, 4) is 5.88 Å². The van der Waals surface area contributed by atoms with E-state index >= 15 is 0 Å². The number of nitrogens with one attached hydrogen (secondary N) is 2. The lowest BCUT2D eigenvalue weighted by molar-refractivity contribution is 0.0952. The third kappa shape index (κ3) is 8.51. The van der Waals surface area contributed by atoms with E-state index in [1.165, 1.54) is 61.8 Å². The maximum Gasteiger partial charge on any atom is 0.253 e. The highest BCUT2D eigenvalue weighted by Crippen LogP contribution is 2.31. The Bertz CT molecular complexity index is 1410. The zero-order chi connectivity index (χ0) is 28.0. The molecule has 0 aliphatic rings. The molecule has 0 aliphatic heterocycles. The smallest absolute Gasteiger partial charge is 0.253 e. The molecule has 4 aromatic rings. The van der Waals surface area contributed by atoms with E-state index in [1.807, 2.05) is 12.1 Å². The third-order valence-corrected chi connectivity index (χ3v) is 7.45. The molecule has 0 spiro atoms. The average molecular weight is 558 g/mol. The largest absolute Gasteiger partial charge is 0.472 e. The molecule has 0 bridgehead atoms. The van der Waals surface area contributed by atoms with Crippen LogP contribution in [0.1, 0.15) is 72.5 Å². The predicted octanol–water partition coefficient (Wildman–Crippen LogP) is 7.59. The molecule has 2 N–H and O–H groups in total. The lowest BCUT2D eigenvalue weighted by Gasteiger charge is -2.09. The molecule has 0 saturated heterocycles. The van der Waals surface area contributed by atoms with Crippen LogP contribution < -0.4 is 15.4 Å². The molecular formula is C30H35N7O2S. The minimum absolute atomic E-state index is 0.200. The Kier molecular flexibility index (Phi) is 11.3. The quantitative estimate of drug-likeness (QED) is 0.0635. The first kappa shape index (κ1) is 29.0. The van der Waals surface area contributed by atoms with Crippen LogP contribution in [-0.2, 0) is 19.7 Å². The van der Waals surface area contributed by atoms with Gasteiger partial charge in [0.2, 0.25) is 5.88 Å². The Hall–Kier alpha value is -3.98. The number of nitrogens with zero attached hydrogens (tertiary/aromatic N) is 5. The highest BCUT2D eigenvalue weighted by atomic mass is 32.1. The highest BCUT2D eigenvalue weighted by Gasteiger charge is 2.18. The molecule has 0 atom stereocenters. The maximum absolute atomic E-state index is 13.1. The number of amides is 1. The van der Waals surface area contributed by atoms with Gasteiger partial charge in [-0.3, -0.25) is 4.79 Å². The molecule has 1 amide bonds. The van der Waals surface area contributed by atoms with Crippen LogP contribution in [-0.4, -0.2) is 22.4 Å². The molecule has 2 heterocycles. The van der Waals surface area contributed by atoms with Gasteiger partial charge in [0.05, 0.1) is 10.9 Å². The number of benzene rings is 2. The molecule has 0 fully saturated rings. The van der Waals surface area contributed by atoms with Crippen LogP contribution in [0.25, 0.3) is 20.7 Å². The summed E-state index contributed by atoms with van der Waals surface area (Å²) in [6.07, 6.45) is 9.24. The van der Waals surface area contributed by atoms with E-state index in [4.69, 9.17) is 10.3 Å². The minimum Gasteiger partial charge on any atom is -0.472 e. The Labute approximate surface area is 238 Å². The molecule has 40 heavy (non-hydrogen) atoms. The normalized spacial score (nSPS) is 10.8. The van der Waals surface area contributed by atoms with Crippen molar-refractivity contribution in [2.45, 2.75) is 65.1 Å². The summed E-state index contributed by atoms with van der Waals surface area (Å²) in [5.74, 6) is 0.155. The molecule has 2 aromatic carbocycles. The zero-order valence-electron chi connectivity index (χ0n) is 22.8. The number of hydrogen-bond donors (Lipinski definition) is 2. The summed E-state index contributed by atoms with van der Waals surface area (Å²) < 4.78 is 5.97. The number of carbonyl (C=O) groups is 1. The van der Waals surface area contributed by atoms with Crippen molar-refractivity contribution in [1.82, 2.24) is 20.6 Å². The molecule has 208 valence electrons. The second-order valence-electron chi connectivity index (χ2n) is 9.60. The fourth-order valence-electron chi connectivity index (χ4n) is 4.30. The molecule has 10 heteroatoms. The lowest BCUT2D eigenvalue weighted by atomic mass is 10.1. The molecule has 0 unspecified atom stereocenters. The fourth-order valence-corrected chi connectivity index (χ4v) is 5.18. The highest BCUT2D eigenvalue weighted by molar-refractivity contribution is 7.17. The number of rotatable bonds is 16. The van der Waals surface area contributed by atoms with Gasteiger partial charge in [0.25, 0.3) is 5.91 Å². The monoisotopic (exact) mass is 557 g/mol. The predicted molar refractivity (Wildman–Crippen MR) is 160 cm³/mol. The van der Waals surface area contributed by atoms with Gasteiger partial charge in [-0.15, -0.1) is 11.3 Å². The minimum atomic E-state index is -0.200. The summed E-state index contributed by atoms with van der Waals surface area (Å²) in [6, 6.07) is 15.4. The Morgan fingerprint density at radius 1 is 0.950 bits per heavy atom. The summed E-state index contributed by atoms with van der Waals surface area (Å²) >= 11 is 1.38. The van der Waals surface area contributed by atoms with E-state index in [2.05, 4.69) is 61.8 Å². The molecule has 9 nitrogen and oxygen atoms in total. The van der Waals surface area contributed by atoms with E-state index in [1.54, 1.807) is 17.5 Å². The van der Waals surface area contributed by atoms with Gasteiger partial charge < -0.3 is 15.4 Å². The molecule has 0 radical (unpaired) electrons. The van der Waals surface area contributed by atoms with Crippen LogP contribution in [0.2, 0.25) is 0 Å². The number of aromatic nitrogens is 2. The SMILES string of the molecule is CCCCCCCCNCc1ccc(CNC(=O)c2csc3ncnc(OCc4ccc(N=[N+]=[N-])cc4)c23)cc1. The van der Waals surface area contributed by atoms with Crippen LogP contribution in [0.15, 0.2) is 65.4 Å². The second kappa shape index (κ2) is 15.6. The molecular weight excluding hydrogens is 522 g/mol. The van der Waals surface area contributed by atoms with Gasteiger partial charge in [0.1, 0.15) is 17.8 Å². The van der Waals surface area contributed by atoms with Crippen LogP contribution in [0.3, 0.4) is 0 Å². The summed E-state index contributed by atoms with van der Waals surface area (Å²) in [5, 5.41) is 12.5. The summed E-state index contributed by atoms with van der Waals surface area (Å²) in [7, 11) is 0. The van der Waals surface area contributed by atoms with Crippen LogP contribution in [0.5, 0.6) is 5.88 Å². The van der Waals surface area contributed by atoms with E-state index in [-0.39, 0.29) is 12.5 Å². The first-order chi connectivity index (χ1) is 19.7. The summed E-state index contributed by atoms with van der Waals surface area (Å²) in [4.78, 5) is 25.2. The molecule has 0 aliphatic carbocycles. The number of unbranched alkanes of at least 4 members (excludes halogenated alkanes) is 5. The van der Waals surface area contributed by atoms with E-state index in [0.717, 1.165) is 24.2 Å². The second-order valence-corrected chi connectivity index (χ2v) is 10.5. The number of carbonyl (C=O) groups excluding carboxylic acids is 1. The number of hydrogen-bond acceptors (Lipinski definition) is 7. The van der Waals surface area contributed by atoms with Crippen molar-refractivity contribution >= 4 is 33.1 Å². The Morgan fingerprint density at radius 2 is 1.65 bits per heavy atom. The molecule has 4 rings (SSSR count). The number of thiophene rings is 1. The Balaban J connectivity index is 1.28. The lowest BCUT2D eigenvalue weighted by Crippen LogP contribution is -2.22. The van der Waals surface area contributed by atoms with Crippen molar-refractivity contribution in [3.63, 3.8) is 0 Å². The fraction of sp³-hybridized carbons (Fsp3) is 0.367. The van der Waals surface area contributed by atoms with Crippen LogP contribution in [0, 0.1) is 0 Å². The van der Waals surface area contributed by atoms with Gasteiger partial charge in [0, 0.05) is 29.1 Å². The van der Waals surface area contributed by atoms with Crippen molar-refractivity contribution in [2.24, 2.45) is 5.11 Å². The van der Waals surface area contributed by atoms with Gasteiger partial charge in [-0.1, -0.05) is 92.7 Å². The van der Waals surface area contributed by atoms with Crippen LogP contribution in [0.4, 0.5) is 5.69 Å².